The van der Waals surface area contributed by atoms with E-state index >= 15 is 0 Å². The first-order chi connectivity index (χ1) is 8.37. The van der Waals surface area contributed by atoms with Crippen LogP contribution in [0.2, 0.25) is 0 Å². The van der Waals surface area contributed by atoms with E-state index in [0.29, 0.717) is 6.04 Å². The molecule has 106 valence electrons. The monoisotopic (exact) mass is 267 g/mol. The van der Waals surface area contributed by atoms with Gasteiger partial charge in [-0.25, -0.2) is 0 Å². The van der Waals surface area contributed by atoms with Gasteiger partial charge in [-0.1, -0.05) is 0 Å². The zero-order valence-corrected chi connectivity index (χ0v) is 10.5. The van der Waals surface area contributed by atoms with Gasteiger partial charge in [0.1, 0.15) is 0 Å². The average Bonchev–Trinajstić information content (AvgIpc) is 3.14. The molecule has 2 aliphatic rings. The number of aliphatic hydroxyl groups is 1. The Labute approximate surface area is 105 Å². The van der Waals surface area contributed by atoms with E-state index < -0.39 is 17.8 Å². The fourth-order valence-corrected chi connectivity index (χ4v) is 2.14. The second-order valence-corrected chi connectivity index (χ2v) is 5.50. The first kappa shape index (κ1) is 14.1. The maximum absolute atomic E-state index is 12.4. The van der Waals surface area contributed by atoms with Gasteiger partial charge in [-0.15, -0.1) is 0 Å². The van der Waals surface area contributed by atoms with Crippen LogP contribution in [0.5, 0.6) is 0 Å². The molecule has 0 aromatic rings. The third kappa shape index (κ3) is 3.36. The van der Waals surface area contributed by atoms with Crippen LogP contribution in [0.1, 0.15) is 32.6 Å². The van der Waals surface area contributed by atoms with Crippen molar-refractivity contribution in [2.45, 2.75) is 56.5 Å². The Bertz CT molecular complexity index is 290. The van der Waals surface area contributed by atoms with Crippen LogP contribution >= 0.6 is 0 Å². The molecule has 0 radical (unpaired) electrons. The van der Waals surface area contributed by atoms with Crippen molar-refractivity contribution in [3.05, 3.63) is 0 Å². The highest BCUT2D eigenvalue weighted by molar-refractivity contribution is 5.04. The van der Waals surface area contributed by atoms with Gasteiger partial charge in [-0.05, 0) is 38.5 Å². The Hall–Kier alpha value is -0.330. The van der Waals surface area contributed by atoms with E-state index in [2.05, 4.69) is 5.32 Å². The minimum atomic E-state index is -4.34. The fraction of sp³-hybridized carbons (Fsp3) is 1.00. The number of alkyl halides is 3. The predicted octanol–water partition coefficient (Wildman–Crippen LogP) is 1.85. The second kappa shape index (κ2) is 4.98. The van der Waals surface area contributed by atoms with Gasteiger partial charge in [-0.2, -0.15) is 13.2 Å². The fourth-order valence-electron chi connectivity index (χ4n) is 2.14. The summed E-state index contributed by atoms with van der Waals surface area (Å²) in [6.45, 7) is 0.760. The molecule has 0 aliphatic heterocycles. The van der Waals surface area contributed by atoms with Crippen molar-refractivity contribution in [2.75, 3.05) is 13.2 Å². The number of aliphatic hydroxyl groups excluding tert-OH is 1. The van der Waals surface area contributed by atoms with Gasteiger partial charge >= 0.3 is 6.18 Å². The summed E-state index contributed by atoms with van der Waals surface area (Å²) in [4.78, 5) is 0. The number of nitrogens with one attached hydrogen (secondary N) is 1. The summed E-state index contributed by atoms with van der Waals surface area (Å²) < 4.78 is 42.2. The van der Waals surface area contributed by atoms with Crippen molar-refractivity contribution < 1.29 is 23.0 Å². The molecule has 0 bridgehead atoms. The van der Waals surface area contributed by atoms with Crippen LogP contribution in [0.3, 0.4) is 0 Å². The quantitative estimate of drug-likeness (QED) is 0.739. The maximum Gasteiger partial charge on any atom is 0.414 e. The summed E-state index contributed by atoms with van der Waals surface area (Å²) >= 11 is 0. The zero-order chi connectivity index (χ0) is 13.4. The number of hydrogen-bond acceptors (Lipinski definition) is 3. The number of ether oxygens (including phenoxy) is 1. The van der Waals surface area contributed by atoms with Crippen molar-refractivity contribution >= 4 is 0 Å². The van der Waals surface area contributed by atoms with E-state index in [1.807, 2.05) is 0 Å². The van der Waals surface area contributed by atoms with Crippen molar-refractivity contribution in [1.82, 2.24) is 5.32 Å². The molecule has 18 heavy (non-hydrogen) atoms. The Kier molecular flexibility index (Phi) is 3.90. The van der Waals surface area contributed by atoms with Gasteiger partial charge in [0.25, 0.3) is 0 Å². The lowest BCUT2D eigenvalue weighted by molar-refractivity contribution is -0.220. The van der Waals surface area contributed by atoms with Gasteiger partial charge in [0.15, 0.2) is 6.10 Å². The van der Waals surface area contributed by atoms with Crippen LogP contribution in [0.15, 0.2) is 0 Å². The molecule has 0 spiro atoms. The van der Waals surface area contributed by atoms with Gasteiger partial charge < -0.3 is 15.2 Å². The van der Waals surface area contributed by atoms with E-state index in [9.17, 15) is 18.3 Å². The lowest BCUT2D eigenvalue weighted by Gasteiger charge is -2.34. The minimum absolute atomic E-state index is 0.0780. The Morgan fingerprint density at radius 2 is 1.89 bits per heavy atom. The highest BCUT2D eigenvalue weighted by Gasteiger charge is 2.49. The van der Waals surface area contributed by atoms with Crippen LogP contribution in [0.4, 0.5) is 13.2 Å². The zero-order valence-electron chi connectivity index (χ0n) is 10.5. The summed E-state index contributed by atoms with van der Waals surface area (Å²) in [6, 6.07) is 0.336. The highest BCUT2D eigenvalue weighted by Crippen LogP contribution is 2.42. The Morgan fingerprint density at radius 1 is 1.28 bits per heavy atom. The third-order valence-corrected chi connectivity index (χ3v) is 3.76. The molecular weight excluding hydrogens is 247 g/mol. The average molecular weight is 267 g/mol. The van der Waals surface area contributed by atoms with E-state index in [0.717, 1.165) is 32.6 Å². The standard InChI is InChI=1S/C12H20F3NO2/c1-8(12(13,14)15)18-7-11(6-17,9-2-3-9)16-10-4-5-10/h8-10,16-17H,2-7H2,1H3. The molecule has 0 saturated heterocycles. The number of halogens is 3. The first-order valence-corrected chi connectivity index (χ1v) is 6.44. The SMILES string of the molecule is CC(OCC(CO)(NC1CC1)C1CC1)C(F)(F)F. The summed E-state index contributed by atoms with van der Waals surface area (Å²) in [5.74, 6) is 0.239. The van der Waals surface area contributed by atoms with Gasteiger partial charge in [0.2, 0.25) is 0 Å². The lowest BCUT2D eigenvalue weighted by atomic mass is 9.95. The number of rotatable bonds is 7. The highest BCUT2D eigenvalue weighted by atomic mass is 19.4. The normalized spacial score (nSPS) is 25.8. The molecule has 0 aromatic heterocycles. The first-order valence-electron chi connectivity index (χ1n) is 6.44. The minimum Gasteiger partial charge on any atom is -0.394 e. The van der Waals surface area contributed by atoms with Crippen LogP contribution < -0.4 is 5.32 Å². The van der Waals surface area contributed by atoms with E-state index in [1.54, 1.807) is 0 Å². The molecule has 2 unspecified atom stereocenters. The molecule has 0 amide bonds. The van der Waals surface area contributed by atoms with Crippen LogP contribution in [-0.2, 0) is 4.74 Å². The van der Waals surface area contributed by atoms with Crippen molar-refractivity contribution in [1.29, 1.82) is 0 Å². The summed E-state index contributed by atoms with van der Waals surface area (Å²) in [5.41, 5.74) is -0.680. The summed E-state index contributed by atoms with van der Waals surface area (Å²) in [6.07, 6.45) is -2.17. The molecule has 6 heteroatoms. The topological polar surface area (TPSA) is 41.5 Å². The smallest absolute Gasteiger partial charge is 0.394 e. The van der Waals surface area contributed by atoms with Crippen LogP contribution in [0.25, 0.3) is 0 Å². The van der Waals surface area contributed by atoms with Gasteiger partial charge in [0, 0.05) is 6.04 Å². The molecule has 2 aliphatic carbocycles. The molecule has 0 aromatic carbocycles. The van der Waals surface area contributed by atoms with Gasteiger partial charge in [0.05, 0.1) is 18.8 Å². The van der Waals surface area contributed by atoms with Crippen molar-refractivity contribution in [3.8, 4) is 0 Å². The third-order valence-electron chi connectivity index (χ3n) is 3.76. The predicted molar refractivity (Wildman–Crippen MR) is 60.2 cm³/mol. The van der Waals surface area contributed by atoms with E-state index in [-0.39, 0.29) is 19.1 Å². The molecule has 2 fully saturated rings. The summed E-state index contributed by atoms with van der Waals surface area (Å²) in [5, 5.41) is 12.8. The van der Waals surface area contributed by atoms with E-state index in [4.69, 9.17) is 4.74 Å². The largest absolute Gasteiger partial charge is 0.414 e. The molecule has 2 atom stereocenters. The molecular formula is C12H20F3NO2. The van der Waals surface area contributed by atoms with Crippen LogP contribution in [-0.4, -0.2) is 42.2 Å². The molecule has 2 saturated carbocycles. The maximum atomic E-state index is 12.4. The lowest BCUT2D eigenvalue weighted by Crippen LogP contribution is -2.56. The van der Waals surface area contributed by atoms with Gasteiger partial charge in [-0.3, -0.25) is 0 Å². The van der Waals surface area contributed by atoms with Crippen LogP contribution in [0, 0.1) is 5.92 Å². The Balaban J connectivity index is 1.92. The second-order valence-electron chi connectivity index (χ2n) is 5.50. The molecule has 2 N–H and O–H groups in total. The Morgan fingerprint density at radius 3 is 2.28 bits per heavy atom. The van der Waals surface area contributed by atoms with Crippen molar-refractivity contribution in [3.63, 3.8) is 0 Å². The van der Waals surface area contributed by atoms with E-state index in [1.165, 1.54) is 0 Å². The summed E-state index contributed by atoms with van der Waals surface area (Å²) in [7, 11) is 0. The van der Waals surface area contributed by atoms with Crippen molar-refractivity contribution in [2.24, 2.45) is 5.92 Å². The molecule has 3 nitrogen and oxygen atoms in total. The molecule has 0 heterocycles. The molecule has 2 rings (SSSR count). The number of hydrogen-bond donors (Lipinski definition) is 2.